The van der Waals surface area contributed by atoms with Gasteiger partial charge in [-0.05, 0) is 50.8 Å². The van der Waals surface area contributed by atoms with Gasteiger partial charge in [-0.1, -0.05) is 6.92 Å². The Morgan fingerprint density at radius 3 is 2.59 bits per heavy atom. The van der Waals surface area contributed by atoms with Crippen LogP contribution in [-0.4, -0.2) is 74.6 Å². The Kier molecular flexibility index (Phi) is 5.85. The van der Waals surface area contributed by atoms with Gasteiger partial charge in [0, 0.05) is 28.7 Å². The van der Waals surface area contributed by atoms with Crippen molar-refractivity contribution in [3.63, 3.8) is 0 Å². The van der Waals surface area contributed by atoms with E-state index in [0.717, 1.165) is 31.5 Å². The number of hydrogen-bond acceptors (Lipinski definition) is 10. The summed E-state index contributed by atoms with van der Waals surface area (Å²) in [7, 11) is 1.51. The number of amides is 1. The van der Waals surface area contributed by atoms with Gasteiger partial charge in [-0.3, -0.25) is 19.3 Å². The number of carbonyl (C=O) groups excluding carboxylic acids is 3. The predicted octanol–water partition coefficient (Wildman–Crippen LogP) is 0.527. The number of benzene rings is 1. The topological polar surface area (TPSA) is 197 Å². The summed E-state index contributed by atoms with van der Waals surface area (Å²) in [6, 6.07) is 0.0758. The van der Waals surface area contributed by atoms with Crippen LogP contribution in [0.3, 0.4) is 0 Å². The molecule has 8 N–H and O–H groups in total. The summed E-state index contributed by atoms with van der Waals surface area (Å²) in [6.45, 7) is 3.78. The smallest absolute Gasteiger partial charge is 0.255 e. The number of hydrogen-bond donors (Lipinski definition) is 6. The number of methoxy groups -OCH3 is 1. The van der Waals surface area contributed by atoms with Gasteiger partial charge in [0.15, 0.2) is 11.4 Å². The summed E-state index contributed by atoms with van der Waals surface area (Å²) in [6.07, 6.45) is 1.97. The molecule has 11 heteroatoms. The number of aromatic hydroxyl groups is 1. The van der Waals surface area contributed by atoms with Crippen LogP contribution in [0.25, 0.3) is 5.76 Å². The molecule has 3 aliphatic carbocycles. The maximum Gasteiger partial charge on any atom is 0.255 e. The minimum absolute atomic E-state index is 0.0121. The molecule has 0 spiro atoms. The fourth-order valence-corrected chi connectivity index (χ4v) is 6.84. The van der Waals surface area contributed by atoms with Gasteiger partial charge in [0.1, 0.15) is 28.6 Å². The van der Waals surface area contributed by atoms with Crippen LogP contribution in [0, 0.1) is 11.8 Å². The number of fused-ring (bicyclic) bond motifs is 3. The highest BCUT2D eigenvalue weighted by Gasteiger charge is 2.63. The first-order chi connectivity index (χ1) is 17.5. The largest absolute Gasteiger partial charge is 0.508 e. The summed E-state index contributed by atoms with van der Waals surface area (Å²) >= 11 is 0. The molecular formula is C26H31N3O8. The molecule has 1 saturated heterocycles. The minimum atomic E-state index is -2.72. The first kappa shape index (κ1) is 25.2. The molecule has 11 nitrogen and oxygen atoms in total. The molecule has 0 bridgehead atoms. The Morgan fingerprint density at radius 1 is 1.27 bits per heavy atom. The quantitative estimate of drug-likeness (QED) is 0.309. The highest BCUT2D eigenvalue weighted by Crippen LogP contribution is 2.54. The molecule has 0 aromatic heterocycles. The molecule has 1 heterocycles. The number of Topliss-reactive ketones (excluding diaryl/α,β-unsaturated/α-hetero) is 2. The third-order valence-electron chi connectivity index (χ3n) is 8.56. The summed E-state index contributed by atoms with van der Waals surface area (Å²) in [4.78, 5) is 40.5. The normalized spacial score (nSPS) is 31.8. The van der Waals surface area contributed by atoms with E-state index in [0.29, 0.717) is 11.3 Å². The first-order valence-electron chi connectivity index (χ1n) is 12.4. The molecule has 4 aliphatic rings. The van der Waals surface area contributed by atoms with E-state index in [9.17, 15) is 34.8 Å². The Morgan fingerprint density at radius 2 is 1.97 bits per heavy atom. The average Bonchev–Trinajstić information content (AvgIpc) is 3.33. The van der Waals surface area contributed by atoms with E-state index in [1.807, 2.05) is 0 Å². The lowest BCUT2D eigenvalue weighted by atomic mass is 9.58. The van der Waals surface area contributed by atoms with Crippen molar-refractivity contribution in [3.8, 4) is 11.5 Å². The van der Waals surface area contributed by atoms with Crippen molar-refractivity contribution in [1.29, 1.82) is 0 Å². The van der Waals surface area contributed by atoms with Crippen molar-refractivity contribution >= 4 is 23.2 Å². The Hall–Kier alpha value is -3.41. The highest BCUT2D eigenvalue weighted by molar-refractivity contribution is 6.24. The molecule has 0 radical (unpaired) electrons. The maximum atomic E-state index is 13.7. The second kappa shape index (κ2) is 8.57. The van der Waals surface area contributed by atoms with E-state index in [1.165, 1.54) is 13.2 Å². The van der Waals surface area contributed by atoms with Crippen LogP contribution >= 0.6 is 0 Å². The van der Waals surface area contributed by atoms with E-state index in [4.69, 9.17) is 16.2 Å². The molecule has 1 aromatic carbocycles. The molecule has 1 aromatic rings. The Balaban J connectivity index is 1.69. The Bertz CT molecular complexity index is 1300. The minimum Gasteiger partial charge on any atom is -0.508 e. The summed E-state index contributed by atoms with van der Waals surface area (Å²) < 4.78 is 5.80. The Labute approximate surface area is 213 Å². The van der Waals surface area contributed by atoms with Crippen molar-refractivity contribution in [1.82, 2.24) is 4.90 Å². The summed E-state index contributed by atoms with van der Waals surface area (Å²) in [5.41, 5.74) is 8.74. The summed E-state index contributed by atoms with van der Waals surface area (Å²) in [5, 5.41) is 44.5. The van der Waals surface area contributed by atoms with E-state index >= 15 is 0 Å². The number of likely N-dealkylation sites (tertiary alicyclic amines) is 1. The van der Waals surface area contributed by atoms with Gasteiger partial charge < -0.3 is 36.6 Å². The molecule has 1 unspecified atom stereocenters. The fraction of sp³-hybridized carbons (Fsp3) is 0.500. The zero-order chi connectivity index (χ0) is 27.0. The van der Waals surface area contributed by atoms with E-state index in [-0.39, 0.29) is 35.8 Å². The van der Waals surface area contributed by atoms with Crippen LogP contribution in [0.4, 0.5) is 0 Å². The van der Waals surface area contributed by atoms with E-state index in [1.54, 1.807) is 0 Å². The van der Waals surface area contributed by atoms with E-state index in [2.05, 4.69) is 11.8 Å². The van der Waals surface area contributed by atoms with Crippen molar-refractivity contribution in [3.05, 3.63) is 39.7 Å². The van der Waals surface area contributed by atoms with Gasteiger partial charge in [-0.2, -0.15) is 0 Å². The number of aliphatic hydroxyl groups excluding tert-OH is 2. The number of aliphatic hydroxyl groups is 3. The lowest BCUT2D eigenvalue weighted by Gasteiger charge is -2.48. The number of phenols is 1. The monoisotopic (exact) mass is 513 g/mol. The number of ether oxygens (including phenoxy) is 1. The molecule has 1 aliphatic heterocycles. The van der Waals surface area contributed by atoms with Crippen LogP contribution in [0.15, 0.2) is 23.0 Å². The molecule has 1 amide bonds. The molecule has 37 heavy (non-hydrogen) atoms. The molecule has 2 fully saturated rings. The average molecular weight is 514 g/mol. The number of phenolic OH excluding ortho intramolecular Hbond substituents is 1. The van der Waals surface area contributed by atoms with Crippen LogP contribution in [0.1, 0.15) is 48.9 Å². The third-order valence-corrected chi connectivity index (χ3v) is 8.56. The van der Waals surface area contributed by atoms with Crippen molar-refractivity contribution < 1.29 is 39.5 Å². The van der Waals surface area contributed by atoms with Gasteiger partial charge in [-0.25, -0.2) is 0 Å². The lowest BCUT2D eigenvalue weighted by Crippen LogP contribution is -2.65. The van der Waals surface area contributed by atoms with Crippen molar-refractivity contribution in [2.75, 3.05) is 20.2 Å². The standard InChI is InChI=1S/C26H31N3O8/c1-3-29-6-4-5-14(29)11-9-15(30)17-12(22(11)37-2)7-10-8-13-19(27)21(32)18(25(28)35)24(34)26(13,36)23(33)16(10)20(17)31/h9-10,13-14,19,30-31,34,36H,3-8,27H2,1-2H3,(H2,28,35)/t10-,13-,14?,19-,26-/m0/s1. The predicted molar refractivity (Wildman–Crippen MR) is 131 cm³/mol. The van der Waals surface area contributed by atoms with Crippen LogP contribution in [0.2, 0.25) is 0 Å². The number of nitrogens with two attached hydrogens (primary N) is 2. The SMILES string of the molecule is CCN1CCCC1c1cc(O)c2c(c1OC)C[C@H]1C[C@H]3[C@H](N)C(=O)C(C(N)=O)=C(O)[C@@]3(O)C(=O)C1=C2O. The molecule has 1 saturated carbocycles. The van der Waals surface area contributed by atoms with Crippen LogP contribution < -0.4 is 16.2 Å². The molecular weight excluding hydrogens is 482 g/mol. The number of rotatable bonds is 4. The van der Waals surface area contributed by atoms with Crippen molar-refractivity contribution in [2.24, 2.45) is 23.3 Å². The van der Waals surface area contributed by atoms with Gasteiger partial charge in [0.25, 0.3) is 5.91 Å². The van der Waals surface area contributed by atoms with Gasteiger partial charge in [0.05, 0.1) is 18.7 Å². The van der Waals surface area contributed by atoms with Crippen molar-refractivity contribution in [2.45, 2.75) is 50.3 Å². The number of ketones is 2. The number of carbonyl (C=O) groups is 3. The van der Waals surface area contributed by atoms with Gasteiger partial charge in [-0.15, -0.1) is 0 Å². The molecule has 198 valence electrons. The fourth-order valence-electron chi connectivity index (χ4n) is 6.84. The molecule has 5 atom stereocenters. The van der Waals surface area contributed by atoms with E-state index < -0.39 is 58.0 Å². The summed E-state index contributed by atoms with van der Waals surface area (Å²) in [5.74, 6) is -6.78. The zero-order valence-electron chi connectivity index (χ0n) is 20.7. The van der Waals surface area contributed by atoms with Crippen LogP contribution in [-0.2, 0) is 20.8 Å². The first-order valence-corrected chi connectivity index (χ1v) is 12.4. The second-order valence-electron chi connectivity index (χ2n) is 10.2. The number of nitrogens with zero attached hydrogens (tertiary/aromatic N) is 1. The lowest BCUT2D eigenvalue weighted by molar-refractivity contribution is -0.149. The second-order valence-corrected chi connectivity index (χ2v) is 10.2. The van der Waals surface area contributed by atoms with Gasteiger partial charge in [0.2, 0.25) is 5.78 Å². The zero-order valence-corrected chi connectivity index (χ0v) is 20.7. The molecule has 5 rings (SSSR count). The van der Waals surface area contributed by atoms with Gasteiger partial charge >= 0.3 is 0 Å². The van der Waals surface area contributed by atoms with Crippen LogP contribution in [0.5, 0.6) is 11.5 Å². The number of primary amides is 1. The third kappa shape index (κ3) is 3.27. The maximum absolute atomic E-state index is 13.7. The highest BCUT2D eigenvalue weighted by atomic mass is 16.5.